The minimum atomic E-state index is -3.78. The summed E-state index contributed by atoms with van der Waals surface area (Å²) in [4.78, 5) is 24.9. The van der Waals surface area contributed by atoms with E-state index >= 15 is 0 Å². The molecule has 8 heteroatoms. The maximum atomic E-state index is 12.8. The van der Waals surface area contributed by atoms with Gasteiger partial charge < -0.3 is 9.47 Å². The largest absolute Gasteiger partial charge is 0.460 e. The summed E-state index contributed by atoms with van der Waals surface area (Å²) in [5.74, 6) is -0.0141. The van der Waals surface area contributed by atoms with Gasteiger partial charge in [0.05, 0.1) is 10.5 Å². The van der Waals surface area contributed by atoms with E-state index in [9.17, 15) is 18.0 Å². The first kappa shape index (κ1) is 26.7. The number of ether oxygens (including phenoxy) is 2. The van der Waals surface area contributed by atoms with Crippen LogP contribution in [0.25, 0.3) is 0 Å². The summed E-state index contributed by atoms with van der Waals surface area (Å²) < 4.78 is 38.9. The van der Waals surface area contributed by atoms with Crippen LogP contribution < -0.4 is 4.72 Å². The van der Waals surface area contributed by atoms with Crippen LogP contribution in [-0.2, 0) is 24.3 Å². The Morgan fingerprint density at radius 1 is 1.06 bits per heavy atom. The lowest BCUT2D eigenvalue weighted by Gasteiger charge is -2.36. The summed E-state index contributed by atoms with van der Waals surface area (Å²) in [6, 6.07) is 11.1. The summed E-state index contributed by atoms with van der Waals surface area (Å²) in [5.41, 5.74) is 2.00. The number of rotatable bonds is 8. The molecule has 0 saturated heterocycles. The molecule has 1 fully saturated rings. The third-order valence-electron chi connectivity index (χ3n) is 6.57. The number of benzene rings is 2. The second kappa shape index (κ2) is 11.2. The lowest BCUT2D eigenvalue weighted by molar-refractivity contribution is -0.159. The number of carbonyl (C=O) groups is 2. The maximum absolute atomic E-state index is 12.8. The van der Waals surface area contributed by atoms with Crippen LogP contribution >= 0.6 is 0 Å². The molecule has 35 heavy (non-hydrogen) atoms. The van der Waals surface area contributed by atoms with E-state index in [4.69, 9.17) is 9.47 Å². The summed E-state index contributed by atoms with van der Waals surface area (Å²) in [6.07, 6.45) is 2.81. The molecule has 1 aliphatic carbocycles. The predicted octanol–water partition coefficient (Wildman–Crippen LogP) is 5.27. The molecule has 2 aromatic rings. The Labute approximate surface area is 208 Å². The molecule has 1 saturated carbocycles. The quantitative estimate of drug-likeness (QED) is 0.495. The Morgan fingerprint density at radius 3 is 2.40 bits per heavy atom. The average molecular weight is 502 g/mol. The van der Waals surface area contributed by atoms with E-state index in [0.717, 1.165) is 24.8 Å². The second-order valence-corrected chi connectivity index (χ2v) is 11.5. The summed E-state index contributed by atoms with van der Waals surface area (Å²) >= 11 is 0. The van der Waals surface area contributed by atoms with E-state index in [1.807, 2.05) is 13.0 Å². The summed E-state index contributed by atoms with van der Waals surface area (Å²) in [6.45, 7) is 9.52. The van der Waals surface area contributed by atoms with Gasteiger partial charge in [0, 0.05) is 5.69 Å². The van der Waals surface area contributed by atoms with Crippen molar-refractivity contribution in [2.24, 2.45) is 17.8 Å². The lowest BCUT2D eigenvalue weighted by atomic mass is 9.75. The van der Waals surface area contributed by atoms with Crippen molar-refractivity contribution in [3.63, 3.8) is 0 Å². The Morgan fingerprint density at radius 2 is 1.74 bits per heavy atom. The molecule has 0 aliphatic heterocycles. The molecular formula is C27H35NO6S. The molecule has 2 aromatic carbocycles. The van der Waals surface area contributed by atoms with Crippen molar-refractivity contribution in [3.05, 3.63) is 59.2 Å². The minimum Gasteiger partial charge on any atom is -0.460 e. The molecule has 3 rings (SSSR count). The molecular weight excluding hydrogens is 466 g/mol. The minimum absolute atomic E-state index is 0.158. The number of anilines is 1. The summed E-state index contributed by atoms with van der Waals surface area (Å²) in [5, 5.41) is 0. The van der Waals surface area contributed by atoms with Crippen molar-refractivity contribution >= 4 is 27.6 Å². The van der Waals surface area contributed by atoms with Crippen LogP contribution in [0.2, 0.25) is 0 Å². The number of aryl methyl sites for hydroxylation is 2. The van der Waals surface area contributed by atoms with Gasteiger partial charge in [0.25, 0.3) is 10.0 Å². The fourth-order valence-corrected chi connectivity index (χ4v) is 5.93. The van der Waals surface area contributed by atoms with Crippen molar-refractivity contribution in [1.29, 1.82) is 0 Å². The molecule has 0 unspecified atom stereocenters. The molecule has 0 amide bonds. The highest BCUT2D eigenvalue weighted by Crippen LogP contribution is 2.35. The number of sulfonamides is 1. The van der Waals surface area contributed by atoms with Crippen molar-refractivity contribution in [2.75, 3.05) is 11.3 Å². The van der Waals surface area contributed by atoms with Gasteiger partial charge in [0.2, 0.25) is 0 Å². The van der Waals surface area contributed by atoms with Gasteiger partial charge in [-0.25, -0.2) is 18.0 Å². The molecule has 3 atom stereocenters. The van der Waals surface area contributed by atoms with E-state index < -0.39 is 28.6 Å². The van der Waals surface area contributed by atoms with Crippen molar-refractivity contribution in [3.8, 4) is 0 Å². The number of carbonyl (C=O) groups excluding carboxylic acids is 2. The molecule has 0 spiro atoms. The van der Waals surface area contributed by atoms with Crippen LogP contribution in [0.5, 0.6) is 0 Å². The molecule has 1 N–H and O–H groups in total. The number of hydrogen-bond acceptors (Lipinski definition) is 6. The van der Waals surface area contributed by atoms with E-state index in [0.29, 0.717) is 29.0 Å². The third-order valence-corrected chi connectivity index (χ3v) is 8.09. The highest BCUT2D eigenvalue weighted by atomic mass is 32.2. The van der Waals surface area contributed by atoms with E-state index in [2.05, 4.69) is 25.5 Å². The number of nitrogens with one attached hydrogen (secondary N) is 1. The molecule has 0 aromatic heterocycles. The zero-order valence-corrected chi connectivity index (χ0v) is 21.9. The smallest absolute Gasteiger partial charge is 0.344 e. The van der Waals surface area contributed by atoms with E-state index in [1.165, 1.54) is 24.3 Å². The summed E-state index contributed by atoms with van der Waals surface area (Å²) in [7, 11) is -3.78. The molecule has 0 radical (unpaired) electrons. The van der Waals surface area contributed by atoms with Gasteiger partial charge in [-0.1, -0.05) is 39.3 Å². The fourth-order valence-electron chi connectivity index (χ4n) is 4.54. The normalized spacial score (nSPS) is 20.3. The third kappa shape index (κ3) is 7.07. The zero-order chi connectivity index (χ0) is 25.8. The Bertz CT molecular complexity index is 1160. The molecule has 7 nitrogen and oxygen atoms in total. The van der Waals surface area contributed by atoms with Gasteiger partial charge in [0.15, 0.2) is 6.61 Å². The molecule has 0 heterocycles. The topological polar surface area (TPSA) is 98.8 Å². The molecule has 190 valence electrons. The Hall–Kier alpha value is -2.87. The SMILES string of the molecule is Cc1ccc(C)c(S(=O)(=O)Nc2ccc(C(=O)OCC(=O)O[C@H]3C[C@@H](C)CC[C@@H]3C(C)C)cc2)c1. The second-order valence-electron chi connectivity index (χ2n) is 9.88. The maximum Gasteiger partial charge on any atom is 0.344 e. The Balaban J connectivity index is 1.56. The van der Waals surface area contributed by atoms with Gasteiger partial charge in [-0.05, 0) is 85.9 Å². The van der Waals surface area contributed by atoms with E-state index in [1.54, 1.807) is 19.1 Å². The first-order valence-electron chi connectivity index (χ1n) is 12.0. The van der Waals surface area contributed by atoms with Crippen LogP contribution in [0.4, 0.5) is 5.69 Å². The average Bonchev–Trinajstić information content (AvgIpc) is 2.79. The van der Waals surface area contributed by atoms with Gasteiger partial charge in [0.1, 0.15) is 6.10 Å². The van der Waals surface area contributed by atoms with Crippen molar-refractivity contribution in [2.45, 2.75) is 64.9 Å². The van der Waals surface area contributed by atoms with Crippen LogP contribution in [0.3, 0.4) is 0 Å². The number of esters is 2. The van der Waals surface area contributed by atoms with Crippen LogP contribution in [0.15, 0.2) is 47.4 Å². The van der Waals surface area contributed by atoms with Gasteiger partial charge in [-0.2, -0.15) is 0 Å². The van der Waals surface area contributed by atoms with Crippen molar-refractivity contribution in [1.82, 2.24) is 0 Å². The fraction of sp³-hybridized carbons (Fsp3) is 0.481. The van der Waals surface area contributed by atoms with Gasteiger partial charge >= 0.3 is 11.9 Å². The Kier molecular flexibility index (Phi) is 8.59. The van der Waals surface area contributed by atoms with Crippen molar-refractivity contribution < 1.29 is 27.5 Å². The zero-order valence-electron chi connectivity index (χ0n) is 21.0. The van der Waals surface area contributed by atoms with Crippen LogP contribution in [0, 0.1) is 31.6 Å². The van der Waals surface area contributed by atoms with Crippen LogP contribution in [0.1, 0.15) is 61.5 Å². The standard InChI is InChI=1S/C27H35NO6S/c1-17(2)23-13-7-18(3)14-24(23)34-26(29)16-33-27(30)21-9-11-22(12-10-21)28-35(31,32)25-15-19(4)6-8-20(25)5/h6,8-12,15,17-18,23-24,28H,7,13-14,16H2,1-5H3/t18-,23+,24-/m0/s1. The first-order valence-corrected chi connectivity index (χ1v) is 13.5. The lowest BCUT2D eigenvalue weighted by Crippen LogP contribution is -2.36. The van der Waals surface area contributed by atoms with Gasteiger partial charge in [-0.3, -0.25) is 4.72 Å². The van der Waals surface area contributed by atoms with E-state index in [-0.39, 0.29) is 16.6 Å². The monoisotopic (exact) mass is 501 g/mol. The van der Waals surface area contributed by atoms with Gasteiger partial charge in [-0.15, -0.1) is 0 Å². The first-order chi connectivity index (χ1) is 16.5. The molecule has 0 bridgehead atoms. The predicted molar refractivity (Wildman–Crippen MR) is 135 cm³/mol. The molecule has 1 aliphatic rings. The van der Waals surface area contributed by atoms with Crippen LogP contribution in [-0.4, -0.2) is 33.1 Å². The number of hydrogen-bond donors (Lipinski definition) is 1. The highest BCUT2D eigenvalue weighted by Gasteiger charge is 2.33. The highest BCUT2D eigenvalue weighted by molar-refractivity contribution is 7.92.